The molecule has 1 saturated heterocycles. The number of thioether (sulfide) groups is 1. The van der Waals surface area contributed by atoms with Crippen molar-refractivity contribution in [3.05, 3.63) is 30.1 Å². The SMILES string of the molecule is O=C(CCSc1ccc(F)cc1)N1CC(O)C1. The van der Waals surface area contributed by atoms with Crippen molar-refractivity contribution in [3.63, 3.8) is 0 Å². The number of halogens is 1. The highest BCUT2D eigenvalue weighted by molar-refractivity contribution is 7.99. The van der Waals surface area contributed by atoms with Gasteiger partial charge in [-0.2, -0.15) is 0 Å². The van der Waals surface area contributed by atoms with Crippen LogP contribution in [0.3, 0.4) is 0 Å². The molecule has 5 heteroatoms. The average molecular weight is 255 g/mol. The summed E-state index contributed by atoms with van der Waals surface area (Å²) in [5, 5.41) is 9.06. The van der Waals surface area contributed by atoms with Crippen molar-refractivity contribution in [1.29, 1.82) is 0 Å². The van der Waals surface area contributed by atoms with E-state index in [9.17, 15) is 9.18 Å². The molecule has 0 aliphatic carbocycles. The van der Waals surface area contributed by atoms with Crippen molar-refractivity contribution < 1.29 is 14.3 Å². The zero-order valence-electron chi connectivity index (χ0n) is 9.30. The van der Waals surface area contributed by atoms with Crippen molar-refractivity contribution in [2.75, 3.05) is 18.8 Å². The van der Waals surface area contributed by atoms with Crippen molar-refractivity contribution in [2.24, 2.45) is 0 Å². The second-order valence-corrected chi connectivity index (χ2v) is 5.17. The summed E-state index contributed by atoms with van der Waals surface area (Å²) in [5.41, 5.74) is 0. The fourth-order valence-electron chi connectivity index (χ4n) is 1.60. The number of amides is 1. The Balaban J connectivity index is 1.69. The molecule has 1 N–H and O–H groups in total. The van der Waals surface area contributed by atoms with Gasteiger partial charge >= 0.3 is 0 Å². The van der Waals surface area contributed by atoms with Crippen LogP contribution in [0.15, 0.2) is 29.2 Å². The first-order valence-electron chi connectivity index (χ1n) is 5.49. The molecule has 1 aliphatic heterocycles. The van der Waals surface area contributed by atoms with E-state index in [1.54, 1.807) is 17.0 Å². The molecule has 1 aromatic rings. The van der Waals surface area contributed by atoms with Crippen LogP contribution in [0, 0.1) is 5.82 Å². The number of carbonyl (C=O) groups is 1. The van der Waals surface area contributed by atoms with Gasteiger partial charge in [-0.3, -0.25) is 4.79 Å². The van der Waals surface area contributed by atoms with Gasteiger partial charge in [-0.05, 0) is 24.3 Å². The number of nitrogens with zero attached hydrogens (tertiary/aromatic N) is 1. The lowest BCUT2D eigenvalue weighted by atomic mass is 10.1. The van der Waals surface area contributed by atoms with E-state index in [0.717, 1.165) is 4.90 Å². The molecule has 17 heavy (non-hydrogen) atoms. The predicted molar refractivity (Wildman–Crippen MR) is 64.3 cm³/mol. The molecule has 0 saturated carbocycles. The van der Waals surface area contributed by atoms with Gasteiger partial charge in [-0.15, -0.1) is 11.8 Å². The summed E-state index contributed by atoms with van der Waals surface area (Å²) in [7, 11) is 0. The summed E-state index contributed by atoms with van der Waals surface area (Å²) >= 11 is 1.53. The number of aliphatic hydroxyl groups excluding tert-OH is 1. The van der Waals surface area contributed by atoms with Gasteiger partial charge in [0.25, 0.3) is 0 Å². The molecule has 1 aliphatic rings. The van der Waals surface area contributed by atoms with Crippen LogP contribution in [0.5, 0.6) is 0 Å². The van der Waals surface area contributed by atoms with E-state index in [0.29, 0.717) is 25.3 Å². The van der Waals surface area contributed by atoms with Gasteiger partial charge in [0.2, 0.25) is 5.91 Å². The molecule has 0 radical (unpaired) electrons. The van der Waals surface area contributed by atoms with Gasteiger partial charge in [0.1, 0.15) is 5.82 Å². The van der Waals surface area contributed by atoms with Crippen LogP contribution >= 0.6 is 11.8 Å². The Morgan fingerprint density at radius 3 is 2.65 bits per heavy atom. The second kappa shape index (κ2) is 5.51. The highest BCUT2D eigenvalue weighted by Gasteiger charge is 2.27. The average Bonchev–Trinajstić information content (AvgIpc) is 2.27. The number of carbonyl (C=O) groups excluding carboxylic acids is 1. The Kier molecular flexibility index (Phi) is 4.02. The molecule has 1 heterocycles. The number of hydrogen-bond acceptors (Lipinski definition) is 3. The first-order valence-corrected chi connectivity index (χ1v) is 6.48. The summed E-state index contributed by atoms with van der Waals surface area (Å²) in [6, 6.07) is 6.24. The monoisotopic (exact) mass is 255 g/mol. The van der Waals surface area contributed by atoms with Gasteiger partial charge in [-0.1, -0.05) is 0 Å². The zero-order valence-corrected chi connectivity index (χ0v) is 10.1. The maximum absolute atomic E-state index is 12.6. The molecule has 0 aromatic heterocycles. The van der Waals surface area contributed by atoms with E-state index >= 15 is 0 Å². The number of β-amino-alcohol motifs (C(OH)–C–C–N with tert-alkyl or cyclic N) is 1. The number of rotatable bonds is 4. The first kappa shape index (κ1) is 12.4. The molecule has 3 nitrogen and oxygen atoms in total. The summed E-state index contributed by atoms with van der Waals surface area (Å²) < 4.78 is 12.6. The Morgan fingerprint density at radius 2 is 2.06 bits per heavy atom. The highest BCUT2D eigenvalue weighted by atomic mass is 32.2. The minimum atomic E-state index is -0.344. The third-order valence-corrected chi connectivity index (χ3v) is 3.63. The van der Waals surface area contributed by atoms with Gasteiger partial charge in [0.15, 0.2) is 0 Å². The Labute approximate surface area is 104 Å². The normalized spacial score (nSPS) is 15.8. The Bertz CT molecular complexity index is 390. The Morgan fingerprint density at radius 1 is 1.41 bits per heavy atom. The fraction of sp³-hybridized carbons (Fsp3) is 0.417. The van der Waals surface area contributed by atoms with E-state index in [1.165, 1.54) is 23.9 Å². The smallest absolute Gasteiger partial charge is 0.223 e. The first-order chi connectivity index (χ1) is 8.15. The van der Waals surface area contributed by atoms with E-state index < -0.39 is 0 Å². The molecule has 1 amide bonds. The van der Waals surface area contributed by atoms with E-state index in [-0.39, 0.29) is 17.8 Å². The van der Waals surface area contributed by atoms with E-state index in [4.69, 9.17) is 5.11 Å². The van der Waals surface area contributed by atoms with Gasteiger partial charge < -0.3 is 10.0 Å². The quantitative estimate of drug-likeness (QED) is 0.829. The van der Waals surface area contributed by atoms with Crippen molar-refractivity contribution in [2.45, 2.75) is 17.4 Å². The van der Waals surface area contributed by atoms with E-state index in [1.807, 2.05) is 0 Å². The maximum atomic E-state index is 12.6. The molecule has 0 spiro atoms. The molecule has 1 fully saturated rings. The highest BCUT2D eigenvalue weighted by Crippen LogP contribution is 2.20. The van der Waals surface area contributed by atoms with Crippen molar-refractivity contribution in [3.8, 4) is 0 Å². The molecule has 92 valence electrons. The summed E-state index contributed by atoms with van der Waals surface area (Å²) in [4.78, 5) is 14.2. The van der Waals surface area contributed by atoms with Crippen LogP contribution in [0.2, 0.25) is 0 Å². The molecular weight excluding hydrogens is 241 g/mol. The second-order valence-electron chi connectivity index (χ2n) is 4.00. The number of likely N-dealkylation sites (tertiary alicyclic amines) is 1. The lowest BCUT2D eigenvalue weighted by Gasteiger charge is -2.35. The summed E-state index contributed by atoms with van der Waals surface area (Å²) in [6.45, 7) is 0.917. The maximum Gasteiger partial charge on any atom is 0.223 e. The van der Waals surface area contributed by atoms with Crippen LogP contribution < -0.4 is 0 Å². The van der Waals surface area contributed by atoms with Crippen LogP contribution in [-0.4, -0.2) is 40.9 Å². The standard InChI is InChI=1S/C12H14FNO2S/c13-9-1-3-11(4-2-9)17-6-5-12(16)14-7-10(15)8-14/h1-4,10,15H,5-8H2. The van der Waals surface area contributed by atoms with Gasteiger partial charge in [0.05, 0.1) is 6.10 Å². The van der Waals surface area contributed by atoms with Gasteiger partial charge in [0, 0.05) is 30.2 Å². The predicted octanol–water partition coefficient (Wildman–Crippen LogP) is 1.51. The van der Waals surface area contributed by atoms with Crippen LogP contribution in [-0.2, 0) is 4.79 Å². The Hall–Kier alpha value is -1.07. The van der Waals surface area contributed by atoms with Crippen LogP contribution in [0.25, 0.3) is 0 Å². The fourth-order valence-corrected chi connectivity index (χ4v) is 2.44. The van der Waals surface area contributed by atoms with Gasteiger partial charge in [-0.25, -0.2) is 4.39 Å². The third-order valence-electron chi connectivity index (χ3n) is 2.61. The molecule has 1 aromatic carbocycles. The molecule has 2 rings (SSSR count). The van der Waals surface area contributed by atoms with Crippen molar-refractivity contribution >= 4 is 17.7 Å². The lowest BCUT2D eigenvalue weighted by molar-refractivity contribution is -0.140. The minimum absolute atomic E-state index is 0.0740. The summed E-state index contributed by atoms with van der Waals surface area (Å²) in [5.74, 6) is 0.502. The number of aliphatic hydroxyl groups is 1. The number of benzene rings is 1. The molecule has 0 unspecified atom stereocenters. The zero-order chi connectivity index (χ0) is 12.3. The lowest BCUT2D eigenvalue weighted by Crippen LogP contribution is -2.53. The third kappa shape index (κ3) is 3.44. The van der Waals surface area contributed by atoms with Crippen LogP contribution in [0.4, 0.5) is 4.39 Å². The van der Waals surface area contributed by atoms with E-state index in [2.05, 4.69) is 0 Å². The minimum Gasteiger partial charge on any atom is -0.389 e. The molecule has 0 bridgehead atoms. The molecular formula is C12H14FNO2S. The topological polar surface area (TPSA) is 40.5 Å². The van der Waals surface area contributed by atoms with Crippen molar-refractivity contribution in [1.82, 2.24) is 4.90 Å². The summed E-state index contributed by atoms with van der Waals surface area (Å²) in [6.07, 6.45) is 0.109. The largest absolute Gasteiger partial charge is 0.389 e. The van der Waals surface area contributed by atoms with Crippen LogP contribution in [0.1, 0.15) is 6.42 Å². The molecule has 0 atom stereocenters. The number of hydrogen-bond donors (Lipinski definition) is 1.